The highest BCUT2D eigenvalue weighted by molar-refractivity contribution is 5.97. The van der Waals surface area contributed by atoms with Crippen molar-refractivity contribution in [3.05, 3.63) is 32.6 Å². The lowest BCUT2D eigenvalue weighted by atomic mass is 9.97. The lowest BCUT2D eigenvalue weighted by Crippen LogP contribution is -2.40. The fourth-order valence-electron chi connectivity index (χ4n) is 1.81. The SMILES string of the molecule is CCCC(C)C(=O)c1cn(C)c(=O)n(C)c1=O. The number of carbonyl (C=O) groups is 1. The second kappa shape index (κ2) is 5.12. The topological polar surface area (TPSA) is 61.1 Å². The van der Waals surface area contributed by atoms with Crippen LogP contribution in [-0.4, -0.2) is 14.9 Å². The van der Waals surface area contributed by atoms with Crippen LogP contribution in [0.4, 0.5) is 0 Å². The number of nitrogens with zero attached hydrogens (tertiary/aromatic N) is 2. The van der Waals surface area contributed by atoms with Crippen LogP contribution in [0, 0.1) is 5.92 Å². The first-order valence-electron chi connectivity index (χ1n) is 5.71. The Labute approximate surface area is 99.7 Å². The quantitative estimate of drug-likeness (QED) is 0.725. The molecule has 0 bridgehead atoms. The molecule has 0 N–H and O–H groups in total. The summed E-state index contributed by atoms with van der Waals surface area (Å²) in [5, 5.41) is 0. The van der Waals surface area contributed by atoms with E-state index in [-0.39, 0.29) is 17.3 Å². The van der Waals surface area contributed by atoms with Crippen LogP contribution in [0.5, 0.6) is 0 Å². The average Bonchev–Trinajstić information content (AvgIpc) is 2.30. The second-order valence-corrected chi connectivity index (χ2v) is 4.35. The van der Waals surface area contributed by atoms with Gasteiger partial charge in [0.15, 0.2) is 5.78 Å². The van der Waals surface area contributed by atoms with Crippen molar-refractivity contribution >= 4 is 5.78 Å². The highest BCUT2D eigenvalue weighted by Gasteiger charge is 2.19. The maximum atomic E-state index is 12.0. The monoisotopic (exact) mass is 238 g/mol. The van der Waals surface area contributed by atoms with Crippen LogP contribution in [0.15, 0.2) is 15.8 Å². The summed E-state index contributed by atoms with van der Waals surface area (Å²) >= 11 is 0. The first-order chi connectivity index (χ1) is 7.90. The van der Waals surface area contributed by atoms with E-state index in [0.29, 0.717) is 0 Å². The Bertz CT molecular complexity index is 540. The Morgan fingerprint density at radius 3 is 2.47 bits per heavy atom. The summed E-state index contributed by atoms with van der Waals surface area (Å²) in [7, 11) is 2.91. The van der Waals surface area contributed by atoms with Crippen LogP contribution in [0.3, 0.4) is 0 Å². The highest BCUT2D eigenvalue weighted by Crippen LogP contribution is 2.10. The zero-order valence-electron chi connectivity index (χ0n) is 10.7. The van der Waals surface area contributed by atoms with E-state index in [4.69, 9.17) is 0 Å². The van der Waals surface area contributed by atoms with Gasteiger partial charge in [-0.25, -0.2) is 4.79 Å². The molecule has 0 aliphatic rings. The average molecular weight is 238 g/mol. The normalized spacial score (nSPS) is 12.5. The van der Waals surface area contributed by atoms with Gasteiger partial charge in [0.1, 0.15) is 0 Å². The van der Waals surface area contributed by atoms with Gasteiger partial charge >= 0.3 is 5.69 Å². The Kier molecular flexibility index (Phi) is 4.04. The number of hydrogen-bond acceptors (Lipinski definition) is 3. The van der Waals surface area contributed by atoms with E-state index in [1.165, 1.54) is 24.9 Å². The molecular weight excluding hydrogens is 220 g/mol. The van der Waals surface area contributed by atoms with Crippen molar-refractivity contribution in [2.75, 3.05) is 0 Å². The van der Waals surface area contributed by atoms with Gasteiger partial charge in [-0.2, -0.15) is 0 Å². The van der Waals surface area contributed by atoms with E-state index in [9.17, 15) is 14.4 Å². The molecule has 1 rings (SSSR count). The van der Waals surface area contributed by atoms with E-state index in [1.807, 2.05) is 6.92 Å². The third kappa shape index (κ3) is 2.54. The van der Waals surface area contributed by atoms with Crippen LogP contribution in [0.2, 0.25) is 0 Å². The van der Waals surface area contributed by atoms with Gasteiger partial charge < -0.3 is 4.57 Å². The molecule has 0 saturated heterocycles. The minimum atomic E-state index is -0.513. The summed E-state index contributed by atoms with van der Waals surface area (Å²) < 4.78 is 2.22. The fourth-order valence-corrected chi connectivity index (χ4v) is 1.81. The van der Waals surface area contributed by atoms with Gasteiger partial charge in [0, 0.05) is 26.2 Å². The molecule has 94 valence electrons. The summed E-state index contributed by atoms with van der Waals surface area (Å²) in [5.74, 6) is -0.381. The van der Waals surface area contributed by atoms with E-state index in [1.54, 1.807) is 6.92 Å². The van der Waals surface area contributed by atoms with Gasteiger partial charge in [-0.15, -0.1) is 0 Å². The molecule has 0 aliphatic carbocycles. The first-order valence-corrected chi connectivity index (χ1v) is 5.71. The number of ketones is 1. The Morgan fingerprint density at radius 2 is 1.94 bits per heavy atom. The maximum Gasteiger partial charge on any atom is 0.330 e. The van der Waals surface area contributed by atoms with Crippen molar-refractivity contribution < 1.29 is 4.79 Å². The van der Waals surface area contributed by atoms with Gasteiger partial charge in [-0.05, 0) is 6.42 Å². The lowest BCUT2D eigenvalue weighted by Gasteiger charge is -2.10. The summed E-state index contributed by atoms with van der Waals surface area (Å²) in [6, 6.07) is 0. The highest BCUT2D eigenvalue weighted by atomic mass is 16.2. The first kappa shape index (κ1) is 13.4. The number of Topliss-reactive ketones (excluding diaryl/α,β-unsaturated/α-hetero) is 1. The van der Waals surface area contributed by atoms with Crippen molar-refractivity contribution in [3.63, 3.8) is 0 Å². The van der Waals surface area contributed by atoms with Crippen LogP contribution >= 0.6 is 0 Å². The molecule has 17 heavy (non-hydrogen) atoms. The molecule has 0 amide bonds. The van der Waals surface area contributed by atoms with Crippen LogP contribution in [-0.2, 0) is 14.1 Å². The van der Waals surface area contributed by atoms with Crippen molar-refractivity contribution in [1.29, 1.82) is 0 Å². The molecule has 0 fully saturated rings. The molecule has 1 aromatic heterocycles. The number of rotatable bonds is 4. The van der Waals surface area contributed by atoms with E-state index < -0.39 is 11.2 Å². The van der Waals surface area contributed by atoms with E-state index >= 15 is 0 Å². The predicted octanol–water partition coefficient (Wildman–Crippen LogP) is 0.703. The molecule has 5 heteroatoms. The van der Waals surface area contributed by atoms with Crippen LogP contribution in [0.25, 0.3) is 0 Å². The predicted molar refractivity (Wildman–Crippen MR) is 65.3 cm³/mol. The Hall–Kier alpha value is -1.65. The molecular formula is C12H18N2O3. The Balaban J connectivity index is 3.29. The molecule has 1 heterocycles. The van der Waals surface area contributed by atoms with Crippen molar-refractivity contribution in [3.8, 4) is 0 Å². The number of aryl methyl sites for hydroxylation is 1. The smallest absolute Gasteiger partial charge is 0.303 e. The number of carbonyl (C=O) groups excluding carboxylic acids is 1. The van der Waals surface area contributed by atoms with E-state index in [0.717, 1.165) is 17.4 Å². The summed E-state index contributed by atoms with van der Waals surface area (Å²) in [6.45, 7) is 3.79. The lowest BCUT2D eigenvalue weighted by molar-refractivity contribution is 0.0920. The molecule has 0 aliphatic heterocycles. The maximum absolute atomic E-state index is 12.0. The fraction of sp³-hybridized carbons (Fsp3) is 0.583. The number of hydrogen-bond donors (Lipinski definition) is 0. The van der Waals surface area contributed by atoms with Gasteiger partial charge in [-0.1, -0.05) is 20.3 Å². The Morgan fingerprint density at radius 1 is 1.35 bits per heavy atom. The zero-order chi connectivity index (χ0) is 13.2. The molecule has 1 atom stereocenters. The molecule has 5 nitrogen and oxygen atoms in total. The van der Waals surface area contributed by atoms with Gasteiger partial charge in [0.25, 0.3) is 5.56 Å². The summed E-state index contributed by atoms with van der Waals surface area (Å²) in [5.41, 5.74) is -0.841. The van der Waals surface area contributed by atoms with Crippen LogP contribution < -0.4 is 11.2 Å². The minimum absolute atomic E-state index is 0.0931. The summed E-state index contributed by atoms with van der Waals surface area (Å²) in [6.07, 6.45) is 2.96. The second-order valence-electron chi connectivity index (χ2n) is 4.35. The standard InChI is InChI=1S/C12H18N2O3/c1-5-6-8(2)10(15)9-7-13(3)12(17)14(4)11(9)16/h7-8H,5-6H2,1-4H3. The van der Waals surface area contributed by atoms with Gasteiger partial charge in [0.2, 0.25) is 0 Å². The third-order valence-corrected chi connectivity index (χ3v) is 2.88. The molecule has 0 spiro atoms. The van der Waals surface area contributed by atoms with E-state index in [2.05, 4.69) is 0 Å². The van der Waals surface area contributed by atoms with Crippen molar-refractivity contribution in [2.24, 2.45) is 20.0 Å². The molecule has 0 saturated carbocycles. The summed E-state index contributed by atoms with van der Waals surface area (Å²) in [4.78, 5) is 35.3. The third-order valence-electron chi connectivity index (χ3n) is 2.88. The number of aromatic nitrogens is 2. The molecule has 1 aromatic rings. The van der Waals surface area contributed by atoms with Crippen molar-refractivity contribution in [2.45, 2.75) is 26.7 Å². The molecule has 1 unspecified atom stereocenters. The molecule has 0 aromatic carbocycles. The van der Waals surface area contributed by atoms with Crippen molar-refractivity contribution in [1.82, 2.24) is 9.13 Å². The largest absolute Gasteiger partial charge is 0.330 e. The molecule has 0 radical (unpaired) electrons. The van der Waals surface area contributed by atoms with Gasteiger partial charge in [0.05, 0.1) is 5.56 Å². The minimum Gasteiger partial charge on any atom is -0.303 e. The van der Waals surface area contributed by atoms with Crippen LogP contribution in [0.1, 0.15) is 37.0 Å². The van der Waals surface area contributed by atoms with Gasteiger partial charge in [-0.3, -0.25) is 14.2 Å². The zero-order valence-corrected chi connectivity index (χ0v) is 10.7.